The molecule has 4 nitrogen and oxygen atoms in total. The summed E-state index contributed by atoms with van der Waals surface area (Å²) >= 11 is 6.84. The van der Waals surface area contributed by atoms with Gasteiger partial charge in [0.25, 0.3) is 0 Å². The van der Waals surface area contributed by atoms with E-state index in [0.717, 1.165) is 33.7 Å². The van der Waals surface area contributed by atoms with Crippen LogP contribution in [-0.2, 0) is 38.5 Å². The second kappa shape index (κ2) is 16.0. The minimum atomic E-state index is -2.07. The molecule has 0 spiro atoms. The fraction of sp³-hybridized carbons (Fsp3) is 0.526. The van der Waals surface area contributed by atoms with Crippen LogP contribution in [0.3, 0.4) is 0 Å². The van der Waals surface area contributed by atoms with Gasteiger partial charge in [0.1, 0.15) is 12.2 Å². The maximum absolute atomic E-state index is 6.98. The van der Waals surface area contributed by atoms with Crippen LogP contribution in [0.25, 0.3) is 0 Å². The molecule has 1 aliphatic heterocycles. The van der Waals surface area contributed by atoms with Crippen molar-refractivity contribution in [3.8, 4) is 0 Å². The summed E-state index contributed by atoms with van der Waals surface area (Å²) < 4.78 is 27.4. The van der Waals surface area contributed by atoms with Crippen molar-refractivity contribution in [2.24, 2.45) is 5.92 Å². The van der Waals surface area contributed by atoms with Gasteiger partial charge in [0, 0.05) is 10.9 Å². The highest BCUT2D eigenvalue weighted by molar-refractivity contribution is 6.77. The molecule has 0 radical (unpaired) electrons. The van der Waals surface area contributed by atoms with Crippen LogP contribution in [-0.4, -0.2) is 26.6 Å². The predicted molar refractivity (Wildman–Crippen MR) is 184 cm³/mol. The Morgan fingerprint density at radius 1 is 0.727 bits per heavy atom. The molecule has 0 saturated carbocycles. The van der Waals surface area contributed by atoms with Crippen molar-refractivity contribution in [1.29, 1.82) is 0 Å². The number of rotatable bonds is 14. The average molecular weight is 637 g/mol. The zero-order valence-corrected chi connectivity index (χ0v) is 29.7. The molecular weight excluding hydrogens is 584 g/mol. The Bertz CT molecular complexity index is 1260. The Morgan fingerprint density at radius 2 is 1.25 bits per heavy atom. The lowest BCUT2D eigenvalue weighted by Gasteiger charge is -2.46. The first-order valence-electron chi connectivity index (χ1n) is 16.5. The van der Waals surface area contributed by atoms with Crippen LogP contribution >= 0.6 is 11.6 Å². The SMILES string of the molecule is CC[C@H]1OC(c2ccc(Cl)c(CO[Si](C(C)C)(C(C)C)C(C)C)c2)[C@H](OCc2ccccc2)[C@@H](OCc2ccccc2)[C@@H]1C. The summed E-state index contributed by atoms with van der Waals surface area (Å²) in [5, 5.41) is 0.725. The smallest absolute Gasteiger partial charge is 0.200 e. The van der Waals surface area contributed by atoms with Crippen LogP contribution in [0.1, 0.15) is 90.2 Å². The molecule has 0 bridgehead atoms. The van der Waals surface area contributed by atoms with E-state index in [4.69, 9.17) is 30.2 Å². The normalized spacial score (nSPS) is 22.7. The number of benzene rings is 3. The van der Waals surface area contributed by atoms with Crippen LogP contribution in [0, 0.1) is 5.92 Å². The summed E-state index contributed by atoms with van der Waals surface area (Å²) in [7, 11) is -2.07. The maximum atomic E-state index is 6.98. The van der Waals surface area contributed by atoms with Gasteiger partial charge in [-0.05, 0) is 57.4 Å². The number of hydrogen-bond acceptors (Lipinski definition) is 4. The van der Waals surface area contributed by atoms with Gasteiger partial charge in [0.15, 0.2) is 0 Å². The van der Waals surface area contributed by atoms with Crippen LogP contribution in [0.5, 0.6) is 0 Å². The molecule has 1 aliphatic rings. The first kappa shape index (κ1) is 34.9. The van der Waals surface area contributed by atoms with Crippen molar-refractivity contribution in [3.05, 3.63) is 106 Å². The third-order valence-corrected chi connectivity index (χ3v) is 16.0. The van der Waals surface area contributed by atoms with Crippen molar-refractivity contribution in [3.63, 3.8) is 0 Å². The summed E-state index contributed by atoms with van der Waals surface area (Å²) in [5.41, 5.74) is 5.82. The van der Waals surface area contributed by atoms with Gasteiger partial charge in [0.05, 0.1) is 32.0 Å². The van der Waals surface area contributed by atoms with Crippen molar-refractivity contribution < 1.29 is 18.6 Å². The van der Waals surface area contributed by atoms with Crippen molar-refractivity contribution in [1.82, 2.24) is 0 Å². The lowest BCUT2D eigenvalue weighted by Crippen LogP contribution is -2.51. The van der Waals surface area contributed by atoms with Gasteiger partial charge in [-0.15, -0.1) is 0 Å². The topological polar surface area (TPSA) is 36.9 Å². The summed E-state index contributed by atoms with van der Waals surface area (Å²) in [5.74, 6) is 0.158. The van der Waals surface area contributed by atoms with Crippen LogP contribution in [0.4, 0.5) is 0 Å². The zero-order chi connectivity index (χ0) is 31.9. The molecule has 0 aromatic heterocycles. The molecule has 1 heterocycles. The van der Waals surface area contributed by atoms with E-state index in [9.17, 15) is 0 Å². The van der Waals surface area contributed by atoms with Crippen molar-refractivity contribution in [2.45, 2.75) is 123 Å². The molecular formula is C38H53ClO4Si. The van der Waals surface area contributed by atoms with E-state index < -0.39 is 8.32 Å². The average Bonchev–Trinajstić information content (AvgIpc) is 3.01. The highest BCUT2D eigenvalue weighted by Gasteiger charge is 2.47. The van der Waals surface area contributed by atoms with E-state index in [1.54, 1.807) is 0 Å². The molecule has 0 amide bonds. The molecule has 3 aromatic carbocycles. The minimum absolute atomic E-state index is 0.0376. The highest BCUT2D eigenvalue weighted by atomic mass is 35.5. The van der Waals surface area contributed by atoms with Gasteiger partial charge in [-0.1, -0.05) is 134 Å². The minimum Gasteiger partial charge on any atom is -0.412 e. The quantitative estimate of drug-likeness (QED) is 0.165. The van der Waals surface area contributed by atoms with E-state index in [-0.39, 0.29) is 30.3 Å². The largest absolute Gasteiger partial charge is 0.412 e. The summed E-state index contributed by atoms with van der Waals surface area (Å²) in [4.78, 5) is 0. The molecule has 0 aliphatic carbocycles. The lowest BCUT2D eigenvalue weighted by molar-refractivity contribution is -0.234. The molecule has 6 heteroatoms. The van der Waals surface area contributed by atoms with E-state index in [2.05, 4.69) is 104 Å². The standard InChI is InChI=1S/C38H53ClO4Si/c1-9-35-29(8)36(40-23-30-16-12-10-13-17-30)38(41-24-31-18-14-11-15-19-31)37(43-35)32-20-21-34(39)33(22-32)25-42-44(26(2)3,27(4)5)28(6)7/h10-22,26-29,35-38H,9,23-25H2,1-8H3/t29-,35-,36+,37?,38-/m1/s1. The van der Waals surface area contributed by atoms with E-state index in [1.165, 1.54) is 0 Å². The van der Waals surface area contributed by atoms with Gasteiger partial charge in [-0.25, -0.2) is 0 Å². The fourth-order valence-electron chi connectivity index (χ4n) is 7.36. The molecule has 44 heavy (non-hydrogen) atoms. The lowest BCUT2D eigenvalue weighted by atomic mass is 9.84. The zero-order valence-electron chi connectivity index (χ0n) is 28.0. The Balaban J connectivity index is 1.67. The van der Waals surface area contributed by atoms with Crippen molar-refractivity contribution in [2.75, 3.05) is 0 Å². The molecule has 4 rings (SSSR count). The van der Waals surface area contributed by atoms with Gasteiger partial charge in [0.2, 0.25) is 8.32 Å². The summed E-state index contributed by atoms with van der Waals surface area (Å²) in [6.07, 6.45) is 0.167. The predicted octanol–water partition coefficient (Wildman–Crippen LogP) is 10.7. The van der Waals surface area contributed by atoms with Crippen LogP contribution < -0.4 is 0 Å². The number of hydrogen-bond donors (Lipinski definition) is 0. The van der Waals surface area contributed by atoms with Gasteiger partial charge >= 0.3 is 0 Å². The first-order valence-corrected chi connectivity index (χ1v) is 19.0. The van der Waals surface area contributed by atoms with Crippen LogP contribution in [0.15, 0.2) is 78.9 Å². The summed E-state index contributed by atoms with van der Waals surface area (Å²) in [6, 6.07) is 27.0. The fourth-order valence-corrected chi connectivity index (χ4v) is 12.9. The molecule has 1 saturated heterocycles. The van der Waals surface area contributed by atoms with Gasteiger partial charge in [-0.3, -0.25) is 0 Å². The summed E-state index contributed by atoms with van der Waals surface area (Å²) in [6.45, 7) is 19.8. The van der Waals surface area contributed by atoms with E-state index >= 15 is 0 Å². The number of halogens is 1. The molecule has 5 atom stereocenters. The van der Waals surface area contributed by atoms with E-state index in [1.807, 2.05) is 30.3 Å². The number of ether oxygens (including phenoxy) is 3. The Kier molecular flexibility index (Phi) is 12.7. The molecule has 1 unspecified atom stereocenters. The van der Waals surface area contributed by atoms with Crippen molar-refractivity contribution >= 4 is 19.9 Å². The Labute approximate surface area is 272 Å². The molecule has 0 N–H and O–H groups in total. The van der Waals surface area contributed by atoms with Crippen LogP contribution in [0.2, 0.25) is 21.6 Å². The maximum Gasteiger partial charge on any atom is 0.200 e. The third-order valence-electron chi connectivity index (χ3n) is 9.60. The Morgan fingerprint density at radius 3 is 1.75 bits per heavy atom. The third kappa shape index (κ3) is 8.04. The second-order valence-corrected chi connectivity index (χ2v) is 19.2. The highest BCUT2D eigenvalue weighted by Crippen LogP contribution is 2.44. The molecule has 1 fully saturated rings. The van der Waals surface area contributed by atoms with E-state index in [0.29, 0.717) is 36.4 Å². The molecule has 240 valence electrons. The molecule has 3 aromatic rings. The second-order valence-electron chi connectivity index (χ2n) is 13.3. The first-order chi connectivity index (χ1) is 21.1. The van der Waals surface area contributed by atoms with Gasteiger partial charge < -0.3 is 18.6 Å². The monoisotopic (exact) mass is 636 g/mol. The van der Waals surface area contributed by atoms with Gasteiger partial charge in [-0.2, -0.15) is 0 Å². The Hall–Kier alpha value is -1.99.